The number of hydrogen-bond acceptors (Lipinski definition) is 6. The molecule has 1 rings (SSSR count). The van der Waals surface area contributed by atoms with E-state index >= 15 is 0 Å². The molecule has 0 aromatic carbocycles. The van der Waals surface area contributed by atoms with Gasteiger partial charge in [-0.25, -0.2) is 0 Å². The lowest BCUT2D eigenvalue weighted by atomic mass is 10.1. The van der Waals surface area contributed by atoms with Crippen molar-refractivity contribution in [1.29, 1.82) is 0 Å². The number of aryl methyl sites for hydroxylation is 1. The third kappa shape index (κ3) is 2.93. The molecule has 0 unspecified atom stereocenters. The van der Waals surface area contributed by atoms with E-state index in [-0.39, 0.29) is 5.69 Å². The maximum Gasteiger partial charge on any atom is 0.126 e. The van der Waals surface area contributed by atoms with Crippen molar-refractivity contribution in [1.82, 2.24) is 9.97 Å². The van der Waals surface area contributed by atoms with Crippen LogP contribution in [0.5, 0.6) is 0 Å². The number of aliphatic hydroxyl groups is 4. The van der Waals surface area contributed by atoms with Gasteiger partial charge in [-0.05, 0) is 6.92 Å². The number of aliphatic hydroxyl groups excluding tert-OH is 4. The molecule has 4 N–H and O–H groups in total. The van der Waals surface area contributed by atoms with E-state index in [1.165, 1.54) is 12.4 Å². The molecule has 84 valence electrons. The third-order valence-corrected chi connectivity index (χ3v) is 1.98. The second-order valence-electron chi connectivity index (χ2n) is 3.27. The van der Waals surface area contributed by atoms with Crippen LogP contribution in [0.25, 0.3) is 0 Å². The average Bonchev–Trinajstić information content (AvgIpc) is 2.26. The SMILES string of the molecule is Cc1cncc([C@@H](O)[C@H](O)[C@@H](O)CO)n1. The Kier molecular flexibility index (Phi) is 4.10. The van der Waals surface area contributed by atoms with Gasteiger partial charge in [0.25, 0.3) is 0 Å². The van der Waals surface area contributed by atoms with E-state index < -0.39 is 24.9 Å². The van der Waals surface area contributed by atoms with Crippen molar-refractivity contribution in [2.24, 2.45) is 0 Å². The Morgan fingerprint density at radius 2 is 1.93 bits per heavy atom. The summed E-state index contributed by atoms with van der Waals surface area (Å²) in [4.78, 5) is 7.74. The molecule has 0 bridgehead atoms. The molecule has 3 atom stereocenters. The van der Waals surface area contributed by atoms with Gasteiger partial charge in [-0.3, -0.25) is 9.97 Å². The minimum Gasteiger partial charge on any atom is -0.394 e. The summed E-state index contributed by atoms with van der Waals surface area (Å²) in [5, 5.41) is 36.7. The molecule has 0 aliphatic carbocycles. The van der Waals surface area contributed by atoms with Crippen molar-refractivity contribution < 1.29 is 20.4 Å². The van der Waals surface area contributed by atoms with Crippen LogP contribution in [0.15, 0.2) is 12.4 Å². The van der Waals surface area contributed by atoms with Crippen LogP contribution in [0.2, 0.25) is 0 Å². The molecule has 0 radical (unpaired) electrons. The highest BCUT2D eigenvalue weighted by molar-refractivity contribution is 5.06. The fourth-order valence-electron chi connectivity index (χ4n) is 1.12. The molecule has 0 fully saturated rings. The quantitative estimate of drug-likeness (QED) is 0.487. The average molecular weight is 214 g/mol. The highest BCUT2D eigenvalue weighted by atomic mass is 16.4. The summed E-state index contributed by atoms with van der Waals surface area (Å²) < 4.78 is 0. The predicted octanol–water partition coefficient (Wildman–Crippen LogP) is -1.47. The van der Waals surface area contributed by atoms with Crippen molar-refractivity contribution >= 4 is 0 Å². The van der Waals surface area contributed by atoms with Crippen LogP contribution >= 0.6 is 0 Å². The van der Waals surface area contributed by atoms with E-state index in [1.807, 2.05) is 0 Å². The van der Waals surface area contributed by atoms with Crippen LogP contribution in [0.3, 0.4) is 0 Å². The van der Waals surface area contributed by atoms with Gasteiger partial charge in [0.05, 0.1) is 24.2 Å². The zero-order valence-electron chi connectivity index (χ0n) is 8.28. The van der Waals surface area contributed by atoms with E-state index in [4.69, 9.17) is 10.2 Å². The van der Waals surface area contributed by atoms with Crippen LogP contribution in [-0.2, 0) is 0 Å². The van der Waals surface area contributed by atoms with Crippen LogP contribution in [0.1, 0.15) is 17.5 Å². The Morgan fingerprint density at radius 3 is 2.47 bits per heavy atom. The normalized spacial score (nSPS) is 17.1. The summed E-state index contributed by atoms with van der Waals surface area (Å²) in [6, 6.07) is 0. The highest BCUT2D eigenvalue weighted by Gasteiger charge is 2.26. The molecule has 1 heterocycles. The summed E-state index contributed by atoms with van der Waals surface area (Å²) >= 11 is 0. The van der Waals surface area contributed by atoms with E-state index in [0.29, 0.717) is 5.69 Å². The fourth-order valence-corrected chi connectivity index (χ4v) is 1.12. The van der Waals surface area contributed by atoms with Gasteiger partial charge in [-0.1, -0.05) is 0 Å². The smallest absolute Gasteiger partial charge is 0.126 e. The molecular formula is C9H14N2O4. The molecule has 15 heavy (non-hydrogen) atoms. The predicted molar refractivity (Wildman–Crippen MR) is 50.8 cm³/mol. The summed E-state index contributed by atoms with van der Waals surface area (Å²) in [6.45, 7) is 1.07. The minimum absolute atomic E-state index is 0.162. The van der Waals surface area contributed by atoms with Crippen molar-refractivity contribution in [3.63, 3.8) is 0 Å². The molecule has 0 saturated heterocycles. The number of hydrogen-bond donors (Lipinski definition) is 4. The molecular weight excluding hydrogens is 200 g/mol. The maximum absolute atomic E-state index is 9.59. The van der Waals surface area contributed by atoms with Crippen molar-refractivity contribution in [3.8, 4) is 0 Å². The zero-order valence-corrected chi connectivity index (χ0v) is 8.28. The van der Waals surface area contributed by atoms with Gasteiger partial charge in [0.2, 0.25) is 0 Å². The number of aromatic nitrogens is 2. The number of nitrogens with zero attached hydrogens (tertiary/aromatic N) is 2. The molecule has 0 aliphatic rings. The molecule has 0 saturated carbocycles. The van der Waals surface area contributed by atoms with E-state index in [1.54, 1.807) is 6.92 Å². The molecule has 6 nitrogen and oxygen atoms in total. The first kappa shape index (κ1) is 12.0. The highest BCUT2D eigenvalue weighted by Crippen LogP contribution is 2.16. The second-order valence-corrected chi connectivity index (χ2v) is 3.27. The molecule has 1 aromatic heterocycles. The van der Waals surface area contributed by atoms with Gasteiger partial charge in [0, 0.05) is 6.20 Å². The van der Waals surface area contributed by atoms with Gasteiger partial charge in [-0.15, -0.1) is 0 Å². The monoisotopic (exact) mass is 214 g/mol. The third-order valence-electron chi connectivity index (χ3n) is 1.98. The number of rotatable bonds is 4. The zero-order chi connectivity index (χ0) is 11.4. The second kappa shape index (κ2) is 5.13. The van der Waals surface area contributed by atoms with Crippen LogP contribution in [0, 0.1) is 6.92 Å². The largest absolute Gasteiger partial charge is 0.394 e. The van der Waals surface area contributed by atoms with E-state index in [2.05, 4.69) is 9.97 Å². The molecule has 6 heteroatoms. The van der Waals surface area contributed by atoms with Gasteiger partial charge in [0.15, 0.2) is 0 Å². The summed E-state index contributed by atoms with van der Waals surface area (Å²) in [5.74, 6) is 0. The minimum atomic E-state index is -1.48. The lowest BCUT2D eigenvalue weighted by molar-refractivity contribution is -0.0790. The maximum atomic E-state index is 9.59. The van der Waals surface area contributed by atoms with Crippen LogP contribution in [-0.4, -0.2) is 49.2 Å². The summed E-state index contributed by atoms with van der Waals surface area (Å²) in [5.41, 5.74) is 0.757. The Morgan fingerprint density at radius 1 is 1.27 bits per heavy atom. The van der Waals surface area contributed by atoms with Gasteiger partial charge in [-0.2, -0.15) is 0 Å². The Balaban J connectivity index is 2.80. The summed E-state index contributed by atoms with van der Waals surface area (Å²) in [6.07, 6.45) is -1.44. The Bertz CT molecular complexity index is 321. The fraction of sp³-hybridized carbons (Fsp3) is 0.556. The van der Waals surface area contributed by atoms with Gasteiger partial charge in [0.1, 0.15) is 18.3 Å². The lowest BCUT2D eigenvalue weighted by Crippen LogP contribution is -2.35. The molecule has 0 amide bonds. The van der Waals surface area contributed by atoms with Crippen molar-refractivity contribution in [2.75, 3.05) is 6.61 Å². The van der Waals surface area contributed by atoms with Crippen LogP contribution < -0.4 is 0 Å². The van der Waals surface area contributed by atoms with E-state index in [9.17, 15) is 10.2 Å². The first-order valence-electron chi connectivity index (χ1n) is 4.50. The van der Waals surface area contributed by atoms with Crippen LogP contribution in [0.4, 0.5) is 0 Å². The standard InChI is InChI=1S/C9H14N2O4/c1-5-2-10-3-6(11-5)8(14)9(15)7(13)4-12/h2-3,7-9,12-15H,4H2,1H3/t7-,8+,9+/m0/s1. The Labute approximate surface area is 86.9 Å². The summed E-state index contributed by atoms with van der Waals surface area (Å²) in [7, 11) is 0. The first-order valence-corrected chi connectivity index (χ1v) is 4.50. The van der Waals surface area contributed by atoms with Crippen molar-refractivity contribution in [2.45, 2.75) is 25.2 Å². The molecule has 0 aliphatic heterocycles. The van der Waals surface area contributed by atoms with Gasteiger partial charge >= 0.3 is 0 Å². The first-order chi connectivity index (χ1) is 7.06. The van der Waals surface area contributed by atoms with Crippen molar-refractivity contribution in [3.05, 3.63) is 23.8 Å². The topological polar surface area (TPSA) is 107 Å². The lowest BCUT2D eigenvalue weighted by Gasteiger charge is -2.20. The molecule has 1 aromatic rings. The van der Waals surface area contributed by atoms with E-state index in [0.717, 1.165) is 0 Å². The Hall–Kier alpha value is -1.08. The van der Waals surface area contributed by atoms with Gasteiger partial charge < -0.3 is 20.4 Å². The molecule has 0 spiro atoms.